The van der Waals surface area contributed by atoms with Gasteiger partial charge >= 0.3 is 6.03 Å². The van der Waals surface area contributed by atoms with Crippen molar-refractivity contribution in [3.05, 3.63) is 36.4 Å². The molecule has 1 aromatic heterocycles. The zero-order chi connectivity index (χ0) is 18.8. The number of fused-ring (bicyclic) bond motifs is 2. The molecular formula is C18H16N4O4S. The van der Waals surface area contributed by atoms with E-state index in [-0.39, 0.29) is 11.9 Å². The standard InChI is InChI=1S/C18H16N4O4S/c1-10(23)19-18-22-13-8-11(3-5-16(13)27-18)20-17(24)21-12-2-4-14-15(9-12)26-7-6-25-14/h2-5,8-9H,6-7H2,1H3,(H,19,22,23)(H2,20,21,24). The van der Waals surface area contributed by atoms with Crippen molar-refractivity contribution in [3.8, 4) is 11.5 Å². The minimum atomic E-state index is -0.386. The van der Waals surface area contributed by atoms with Crippen LogP contribution in [0.25, 0.3) is 10.2 Å². The Bertz CT molecular complexity index is 1030. The summed E-state index contributed by atoms with van der Waals surface area (Å²) in [5.74, 6) is 1.09. The molecule has 0 atom stereocenters. The molecule has 0 radical (unpaired) electrons. The molecule has 0 spiro atoms. The number of anilines is 3. The Morgan fingerprint density at radius 3 is 2.44 bits per heavy atom. The van der Waals surface area contributed by atoms with Crippen molar-refractivity contribution in [2.24, 2.45) is 0 Å². The number of benzene rings is 2. The van der Waals surface area contributed by atoms with Crippen LogP contribution in [0.15, 0.2) is 36.4 Å². The number of hydrogen-bond donors (Lipinski definition) is 3. The van der Waals surface area contributed by atoms with Crippen LogP contribution in [0.3, 0.4) is 0 Å². The molecule has 0 bridgehead atoms. The average molecular weight is 384 g/mol. The lowest BCUT2D eigenvalue weighted by Crippen LogP contribution is -2.20. The predicted octanol–water partition coefficient (Wildman–Crippen LogP) is 3.67. The molecule has 0 aliphatic carbocycles. The van der Waals surface area contributed by atoms with Gasteiger partial charge < -0.3 is 25.4 Å². The highest BCUT2D eigenvalue weighted by Crippen LogP contribution is 2.33. The van der Waals surface area contributed by atoms with Crippen LogP contribution >= 0.6 is 11.3 Å². The molecule has 8 nitrogen and oxygen atoms in total. The molecule has 4 rings (SSSR count). The largest absolute Gasteiger partial charge is 0.486 e. The number of amides is 3. The number of thiazole rings is 1. The summed E-state index contributed by atoms with van der Waals surface area (Å²) < 4.78 is 11.9. The number of carbonyl (C=O) groups is 2. The summed E-state index contributed by atoms with van der Waals surface area (Å²) in [6, 6.07) is 10.2. The van der Waals surface area contributed by atoms with E-state index < -0.39 is 0 Å². The van der Waals surface area contributed by atoms with E-state index in [0.29, 0.717) is 46.7 Å². The van der Waals surface area contributed by atoms with Gasteiger partial charge in [-0.1, -0.05) is 11.3 Å². The lowest BCUT2D eigenvalue weighted by Gasteiger charge is -2.19. The molecule has 138 valence electrons. The van der Waals surface area contributed by atoms with Crippen molar-refractivity contribution in [1.82, 2.24) is 4.98 Å². The average Bonchev–Trinajstić information content (AvgIpc) is 3.02. The van der Waals surface area contributed by atoms with Crippen LogP contribution in [0.1, 0.15) is 6.92 Å². The first kappa shape index (κ1) is 17.1. The molecule has 2 aromatic carbocycles. The zero-order valence-corrected chi connectivity index (χ0v) is 15.2. The van der Waals surface area contributed by atoms with Crippen LogP contribution in [0, 0.1) is 0 Å². The topological polar surface area (TPSA) is 102 Å². The van der Waals surface area contributed by atoms with E-state index >= 15 is 0 Å². The number of nitrogens with zero attached hydrogens (tertiary/aromatic N) is 1. The van der Waals surface area contributed by atoms with Gasteiger partial charge in [-0.15, -0.1) is 0 Å². The number of hydrogen-bond acceptors (Lipinski definition) is 6. The maximum atomic E-state index is 12.3. The molecule has 9 heteroatoms. The first-order valence-electron chi connectivity index (χ1n) is 8.23. The molecule has 3 aromatic rings. The predicted molar refractivity (Wildman–Crippen MR) is 104 cm³/mol. The smallest absolute Gasteiger partial charge is 0.323 e. The van der Waals surface area contributed by atoms with Crippen LogP contribution in [0.5, 0.6) is 11.5 Å². The maximum absolute atomic E-state index is 12.3. The van der Waals surface area contributed by atoms with Gasteiger partial charge in [-0.3, -0.25) is 4.79 Å². The van der Waals surface area contributed by atoms with E-state index in [9.17, 15) is 9.59 Å². The van der Waals surface area contributed by atoms with Crippen molar-refractivity contribution >= 4 is 50.0 Å². The fraction of sp³-hybridized carbons (Fsp3) is 0.167. The van der Waals surface area contributed by atoms with Gasteiger partial charge in [0, 0.05) is 24.4 Å². The van der Waals surface area contributed by atoms with Crippen LogP contribution in [0.2, 0.25) is 0 Å². The summed E-state index contributed by atoms with van der Waals surface area (Å²) in [7, 11) is 0. The van der Waals surface area contributed by atoms with E-state index in [4.69, 9.17) is 9.47 Å². The first-order chi connectivity index (χ1) is 13.1. The van der Waals surface area contributed by atoms with Gasteiger partial charge in [0.2, 0.25) is 5.91 Å². The second-order valence-corrected chi connectivity index (χ2v) is 6.85. The molecule has 0 unspecified atom stereocenters. The first-order valence-corrected chi connectivity index (χ1v) is 9.04. The number of aromatic nitrogens is 1. The van der Waals surface area contributed by atoms with E-state index in [0.717, 1.165) is 4.70 Å². The van der Waals surface area contributed by atoms with Gasteiger partial charge in [0.25, 0.3) is 0 Å². The molecular weight excluding hydrogens is 368 g/mol. The van der Waals surface area contributed by atoms with Gasteiger partial charge in [0.05, 0.1) is 10.2 Å². The number of carbonyl (C=O) groups excluding carboxylic acids is 2. The lowest BCUT2D eigenvalue weighted by molar-refractivity contribution is -0.114. The lowest BCUT2D eigenvalue weighted by atomic mass is 10.2. The number of urea groups is 1. The third-order valence-corrected chi connectivity index (χ3v) is 4.68. The summed E-state index contributed by atoms with van der Waals surface area (Å²) in [5.41, 5.74) is 1.89. The van der Waals surface area contributed by atoms with E-state index in [1.165, 1.54) is 18.3 Å². The van der Waals surface area contributed by atoms with Gasteiger partial charge in [0.15, 0.2) is 16.6 Å². The Morgan fingerprint density at radius 2 is 1.67 bits per heavy atom. The van der Waals surface area contributed by atoms with Crippen LogP contribution in [0.4, 0.5) is 21.3 Å². The Hall–Kier alpha value is -3.33. The second kappa shape index (κ2) is 7.12. The van der Waals surface area contributed by atoms with Crippen molar-refractivity contribution in [2.45, 2.75) is 6.92 Å². The van der Waals surface area contributed by atoms with E-state index in [1.54, 1.807) is 30.3 Å². The van der Waals surface area contributed by atoms with E-state index in [1.807, 2.05) is 6.07 Å². The molecule has 0 saturated heterocycles. The van der Waals surface area contributed by atoms with Crippen LogP contribution in [-0.4, -0.2) is 30.1 Å². The Labute approximate surface area is 158 Å². The Kier molecular flexibility index (Phi) is 4.51. The highest BCUT2D eigenvalue weighted by Gasteiger charge is 2.13. The van der Waals surface area contributed by atoms with Crippen molar-refractivity contribution in [1.29, 1.82) is 0 Å². The van der Waals surface area contributed by atoms with E-state index in [2.05, 4.69) is 20.9 Å². The van der Waals surface area contributed by atoms with Crippen molar-refractivity contribution < 1.29 is 19.1 Å². The quantitative estimate of drug-likeness (QED) is 0.640. The highest BCUT2D eigenvalue weighted by molar-refractivity contribution is 7.22. The Balaban J connectivity index is 1.45. The molecule has 1 aliphatic heterocycles. The number of ether oxygens (including phenoxy) is 2. The molecule has 2 heterocycles. The Morgan fingerprint density at radius 1 is 0.963 bits per heavy atom. The van der Waals surface area contributed by atoms with Gasteiger partial charge in [0.1, 0.15) is 13.2 Å². The molecule has 0 fully saturated rings. The summed E-state index contributed by atoms with van der Waals surface area (Å²) in [6.07, 6.45) is 0. The zero-order valence-electron chi connectivity index (χ0n) is 14.4. The fourth-order valence-electron chi connectivity index (χ4n) is 2.62. The highest BCUT2D eigenvalue weighted by atomic mass is 32.1. The monoisotopic (exact) mass is 384 g/mol. The third-order valence-electron chi connectivity index (χ3n) is 3.73. The van der Waals surface area contributed by atoms with Gasteiger partial charge in [-0.2, -0.15) is 0 Å². The number of rotatable bonds is 3. The van der Waals surface area contributed by atoms with Gasteiger partial charge in [-0.25, -0.2) is 9.78 Å². The normalized spacial score (nSPS) is 12.5. The second-order valence-electron chi connectivity index (χ2n) is 5.82. The molecule has 1 aliphatic rings. The summed E-state index contributed by atoms with van der Waals surface area (Å²) in [5, 5.41) is 8.71. The minimum Gasteiger partial charge on any atom is -0.486 e. The molecule has 27 heavy (non-hydrogen) atoms. The number of nitrogens with one attached hydrogen (secondary N) is 3. The summed E-state index contributed by atoms with van der Waals surface area (Å²) in [4.78, 5) is 27.7. The minimum absolute atomic E-state index is 0.175. The maximum Gasteiger partial charge on any atom is 0.323 e. The SMILES string of the molecule is CC(=O)Nc1nc2cc(NC(=O)Nc3ccc4c(c3)OCCO4)ccc2s1. The van der Waals surface area contributed by atoms with Crippen molar-refractivity contribution in [3.63, 3.8) is 0 Å². The fourth-order valence-corrected chi connectivity index (χ4v) is 3.52. The third kappa shape index (κ3) is 3.93. The van der Waals surface area contributed by atoms with Crippen molar-refractivity contribution in [2.75, 3.05) is 29.2 Å². The van der Waals surface area contributed by atoms with Crippen LogP contribution in [-0.2, 0) is 4.79 Å². The molecule has 3 amide bonds. The molecule has 0 saturated carbocycles. The van der Waals surface area contributed by atoms with Gasteiger partial charge in [-0.05, 0) is 30.3 Å². The molecule has 3 N–H and O–H groups in total. The summed E-state index contributed by atoms with van der Waals surface area (Å²) >= 11 is 1.37. The van der Waals surface area contributed by atoms with Crippen LogP contribution < -0.4 is 25.4 Å². The summed E-state index contributed by atoms with van der Waals surface area (Å²) in [6.45, 7) is 2.43.